The lowest BCUT2D eigenvalue weighted by Gasteiger charge is -2.30. The van der Waals surface area contributed by atoms with Crippen LogP contribution in [0.25, 0.3) is 0 Å². The van der Waals surface area contributed by atoms with Crippen LogP contribution in [0.1, 0.15) is 34.3 Å². The number of hydrogen-bond acceptors (Lipinski definition) is 7. The summed E-state index contributed by atoms with van der Waals surface area (Å²) < 4.78 is 18.1. The Hall–Kier alpha value is -2.00. The number of rotatable bonds is 3. The van der Waals surface area contributed by atoms with E-state index in [1.165, 1.54) is 23.9 Å². The van der Waals surface area contributed by atoms with Crippen molar-refractivity contribution < 1.29 is 9.18 Å². The Morgan fingerprint density at radius 1 is 1.46 bits per heavy atom. The Kier molecular flexibility index (Phi) is 4.55. The minimum atomic E-state index is -0.734. The normalized spacial score (nSPS) is 20.5. The molecule has 0 saturated carbocycles. The monoisotopic (exact) mass is 365 g/mol. The zero-order valence-corrected chi connectivity index (χ0v) is 14.8. The van der Waals surface area contributed by atoms with Gasteiger partial charge in [0.15, 0.2) is 5.17 Å². The first kappa shape index (κ1) is 16.8. The second-order valence-electron chi connectivity index (χ2n) is 5.66. The van der Waals surface area contributed by atoms with Crippen molar-refractivity contribution in [3.05, 3.63) is 40.2 Å². The third kappa shape index (κ3) is 3.27. The average molecular weight is 365 g/mol. The molecule has 1 unspecified atom stereocenters. The maximum Gasteiger partial charge on any atom is 0.269 e. The number of aromatic nitrogens is 2. The van der Waals surface area contributed by atoms with E-state index in [1.807, 2.05) is 6.92 Å². The Bertz CT molecular complexity index is 822. The molecule has 1 aromatic heterocycles. The van der Waals surface area contributed by atoms with Crippen LogP contribution in [0.4, 0.5) is 10.1 Å². The molecule has 0 aliphatic carbocycles. The van der Waals surface area contributed by atoms with Crippen molar-refractivity contribution in [2.75, 3.05) is 11.1 Å². The van der Waals surface area contributed by atoms with Crippen molar-refractivity contribution in [2.24, 2.45) is 10.7 Å². The van der Waals surface area contributed by atoms with Gasteiger partial charge in [-0.05, 0) is 50.0 Å². The van der Waals surface area contributed by atoms with Crippen molar-refractivity contribution in [3.63, 3.8) is 0 Å². The third-order valence-electron chi connectivity index (χ3n) is 3.86. The van der Waals surface area contributed by atoms with Crippen LogP contribution in [0.3, 0.4) is 0 Å². The highest BCUT2D eigenvalue weighted by molar-refractivity contribution is 8.13. The van der Waals surface area contributed by atoms with E-state index < -0.39 is 5.54 Å². The van der Waals surface area contributed by atoms with Crippen LogP contribution in [0.15, 0.2) is 23.2 Å². The van der Waals surface area contributed by atoms with E-state index >= 15 is 0 Å². The van der Waals surface area contributed by atoms with Gasteiger partial charge in [-0.15, -0.1) is 5.10 Å². The Labute approximate surface area is 146 Å². The van der Waals surface area contributed by atoms with Gasteiger partial charge in [0.25, 0.3) is 5.91 Å². The van der Waals surface area contributed by atoms with Crippen LogP contribution in [-0.4, -0.2) is 26.4 Å². The minimum absolute atomic E-state index is 0.313. The van der Waals surface area contributed by atoms with Crippen molar-refractivity contribution >= 4 is 40.1 Å². The highest BCUT2D eigenvalue weighted by Gasteiger charge is 2.32. The first-order valence-corrected chi connectivity index (χ1v) is 9.03. The number of benzene rings is 1. The van der Waals surface area contributed by atoms with Gasteiger partial charge in [-0.3, -0.25) is 9.79 Å². The molecule has 0 spiro atoms. The second-order valence-corrected chi connectivity index (χ2v) is 7.53. The van der Waals surface area contributed by atoms with Gasteiger partial charge in [0.2, 0.25) is 0 Å². The number of nitrogens with zero attached hydrogens (tertiary/aromatic N) is 3. The fourth-order valence-electron chi connectivity index (χ4n) is 2.52. The van der Waals surface area contributed by atoms with Gasteiger partial charge in [0.1, 0.15) is 10.7 Å². The van der Waals surface area contributed by atoms with E-state index in [9.17, 15) is 9.18 Å². The molecule has 1 atom stereocenters. The second kappa shape index (κ2) is 6.48. The molecule has 1 aliphatic rings. The molecular weight excluding hydrogens is 349 g/mol. The Balaban J connectivity index is 1.91. The number of amides is 1. The van der Waals surface area contributed by atoms with Crippen LogP contribution in [-0.2, 0) is 5.54 Å². The molecule has 0 saturated heterocycles. The smallest absolute Gasteiger partial charge is 0.269 e. The number of thioether (sulfide) groups is 1. The molecule has 3 N–H and O–H groups in total. The average Bonchev–Trinajstić information content (AvgIpc) is 2.95. The number of amidine groups is 1. The van der Waals surface area contributed by atoms with Crippen LogP contribution in [0.2, 0.25) is 0 Å². The predicted octanol–water partition coefficient (Wildman–Crippen LogP) is 2.90. The number of carbonyl (C=O) groups is 1. The van der Waals surface area contributed by atoms with Gasteiger partial charge < -0.3 is 11.1 Å². The number of carbonyl (C=O) groups excluding carboxylic acids is 1. The zero-order chi connectivity index (χ0) is 17.3. The summed E-state index contributed by atoms with van der Waals surface area (Å²) in [6.07, 6.45) is 0.671. The number of aryl methyl sites for hydroxylation is 1. The molecule has 3 rings (SSSR count). The SMILES string of the molecule is Cc1nnsc1C(=O)Nc1ccc(F)c(C2(C)CCSC(N)=N2)c1. The Morgan fingerprint density at radius 2 is 2.25 bits per heavy atom. The first-order chi connectivity index (χ1) is 11.4. The third-order valence-corrected chi connectivity index (χ3v) is 5.48. The summed E-state index contributed by atoms with van der Waals surface area (Å²) in [4.78, 5) is 17.1. The van der Waals surface area contributed by atoms with Crippen LogP contribution >= 0.6 is 23.3 Å². The van der Waals surface area contributed by atoms with Crippen molar-refractivity contribution in [1.82, 2.24) is 9.59 Å². The number of halogens is 1. The molecule has 2 aromatic rings. The van der Waals surface area contributed by atoms with Gasteiger partial charge >= 0.3 is 0 Å². The molecule has 1 aliphatic heterocycles. The lowest BCUT2D eigenvalue weighted by atomic mass is 9.89. The number of hydrogen-bond donors (Lipinski definition) is 2. The molecule has 24 heavy (non-hydrogen) atoms. The summed E-state index contributed by atoms with van der Waals surface area (Å²) in [5.41, 5.74) is 6.55. The van der Waals surface area contributed by atoms with Crippen LogP contribution < -0.4 is 11.1 Å². The number of nitrogens with one attached hydrogen (secondary N) is 1. The maximum atomic E-state index is 14.4. The van der Waals surface area contributed by atoms with Gasteiger partial charge in [0.05, 0.1) is 11.2 Å². The summed E-state index contributed by atoms with van der Waals surface area (Å²) in [5.74, 6) is 0.0927. The summed E-state index contributed by atoms with van der Waals surface area (Å²) in [6, 6.07) is 4.47. The van der Waals surface area contributed by atoms with Crippen molar-refractivity contribution in [3.8, 4) is 0 Å². The van der Waals surface area contributed by atoms with Crippen LogP contribution in [0, 0.1) is 12.7 Å². The van der Waals surface area contributed by atoms with Gasteiger partial charge in [-0.25, -0.2) is 4.39 Å². The minimum Gasteiger partial charge on any atom is -0.379 e. The zero-order valence-electron chi connectivity index (χ0n) is 13.2. The predicted molar refractivity (Wildman–Crippen MR) is 95.0 cm³/mol. The van der Waals surface area contributed by atoms with E-state index in [2.05, 4.69) is 19.9 Å². The molecule has 1 aromatic carbocycles. The fourth-order valence-corrected chi connectivity index (χ4v) is 4.05. The van der Waals surface area contributed by atoms with E-state index in [1.54, 1.807) is 13.0 Å². The molecule has 0 bridgehead atoms. The molecule has 0 radical (unpaired) electrons. The van der Waals surface area contributed by atoms with Gasteiger partial charge in [-0.2, -0.15) is 0 Å². The molecule has 1 amide bonds. The lowest BCUT2D eigenvalue weighted by molar-refractivity contribution is 0.102. The van der Waals surface area contributed by atoms with E-state index in [4.69, 9.17) is 5.73 Å². The van der Waals surface area contributed by atoms with Gasteiger partial charge in [0, 0.05) is 17.0 Å². The van der Waals surface area contributed by atoms with E-state index in [-0.39, 0.29) is 11.7 Å². The summed E-state index contributed by atoms with van der Waals surface area (Å²) in [5, 5.41) is 7.03. The number of aliphatic imine (C=N–C) groups is 1. The van der Waals surface area contributed by atoms with Crippen LogP contribution in [0.5, 0.6) is 0 Å². The standard InChI is InChI=1S/C15H16FN5OS2/c1-8-12(24-21-20-8)13(22)18-9-3-4-11(16)10(7-9)15(2)5-6-23-14(17)19-15/h3-4,7H,5-6H2,1-2H3,(H2,17,19)(H,18,22). The van der Waals surface area contributed by atoms with E-state index in [0.717, 1.165) is 17.3 Å². The summed E-state index contributed by atoms with van der Waals surface area (Å²) >= 11 is 2.48. The largest absolute Gasteiger partial charge is 0.379 e. The highest BCUT2D eigenvalue weighted by Crippen LogP contribution is 2.37. The molecule has 0 fully saturated rings. The molecule has 9 heteroatoms. The topological polar surface area (TPSA) is 93.3 Å². The molecule has 6 nitrogen and oxygen atoms in total. The van der Waals surface area contributed by atoms with E-state index in [0.29, 0.717) is 33.4 Å². The molecule has 126 valence electrons. The highest BCUT2D eigenvalue weighted by atomic mass is 32.2. The quantitative estimate of drug-likeness (QED) is 0.872. The first-order valence-electron chi connectivity index (χ1n) is 7.27. The van der Waals surface area contributed by atoms with Crippen molar-refractivity contribution in [2.45, 2.75) is 25.8 Å². The maximum absolute atomic E-state index is 14.4. The summed E-state index contributed by atoms with van der Waals surface area (Å²) in [7, 11) is 0. The summed E-state index contributed by atoms with van der Waals surface area (Å²) in [6.45, 7) is 3.56. The number of nitrogens with two attached hydrogens (primary N) is 1. The Morgan fingerprint density at radius 3 is 2.92 bits per heavy atom. The molecule has 2 heterocycles. The lowest BCUT2D eigenvalue weighted by Crippen LogP contribution is -2.29. The number of anilines is 1. The fraction of sp³-hybridized carbons (Fsp3) is 0.333. The van der Waals surface area contributed by atoms with Gasteiger partial charge in [-0.1, -0.05) is 16.3 Å². The van der Waals surface area contributed by atoms with Crippen molar-refractivity contribution in [1.29, 1.82) is 0 Å². The molecular formula is C15H16FN5OS2.